The average Bonchev–Trinajstić information content (AvgIpc) is 2.26. The summed E-state index contributed by atoms with van der Waals surface area (Å²) in [5, 5.41) is 5.62. The molecule has 0 aromatic heterocycles. The van der Waals surface area contributed by atoms with Crippen LogP contribution in [0.3, 0.4) is 0 Å². The summed E-state index contributed by atoms with van der Waals surface area (Å²) < 4.78 is 0. The van der Waals surface area contributed by atoms with Gasteiger partial charge < -0.3 is 22.1 Å². The molecular formula is C11H14N4O2. The number of rotatable bonds is 3. The van der Waals surface area contributed by atoms with Crippen molar-refractivity contribution in [3.8, 4) is 0 Å². The van der Waals surface area contributed by atoms with Crippen molar-refractivity contribution in [2.75, 3.05) is 22.9 Å². The number of nitrogen functional groups attached to an aromatic ring is 1. The van der Waals surface area contributed by atoms with Gasteiger partial charge in [0, 0.05) is 12.1 Å². The molecule has 0 atom stereocenters. The molecule has 0 spiro atoms. The number of amides is 2. The van der Waals surface area contributed by atoms with Crippen molar-refractivity contribution in [1.29, 1.82) is 0 Å². The van der Waals surface area contributed by atoms with E-state index in [1.807, 2.05) is 6.07 Å². The first-order valence-corrected chi connectivity index (χ1v) is 5.30. The summed E-state index contributed by atoms with van der Waals surface area (Å²) in [5.74, 6) is -0.454. The van der Waals surface area contributed by atoms with E-state index in [1.54, 1.807) is 6.07 Å². The number of carbonyl (C=O) groups is 2. The molecule has 0 fully saturated rings. The summed E-state index contributed by atoms with van der Waals surface area (Å²) in [6.45, 7) is 0.0370. The van der Waals surface area contributed by atoms with Crippen molar-refractivity contribution in [2.45, 2.75) is 12.8 Å². The molecule has 2 rings (SSSR count). The molecule has 0 unspecified atom stereocenters. The van der Waals surface area contributed by atoms with E-state index in [4.69, 9.17) is 11.5 Å². The molecule has 0 saturated carbocycles. The Morgan fingerprint density at radius 1 is 1.41 bits per heavy atom. The zero-order valence-corrected chi connectivity index (χ0v) is 9.25. The van der Waals surface area contributed by atoms with E-state index in [1.165, 1.54) is 0 Å². The molecule has 2 amide bonds. The molecule has 0 radical (unpaired) electrons. The topological polar surface area (TPSA) is 110 Å². The van der Waals surface area contributed by atoms with Crippen molar-refractivity contribution in [2.24, 2.45) is 5.73 Å². The number of benzene rings is 1. The largest absolute Gasteiger partial charge is 0.397 e. The van der Waals surface area contributed by atoms with Crippen LogP contribution in [0.1, 0.15) is 12.0 Å². The lowest BCUT2D eigenvalue weighted by molar-refractivity contribution is -0.117. The van der Waals surface area contributed by atoms with Gasteiger partial charge in [-0.3, -0.25) is 9.59 Å². The number of fused-ring (bicyclic) bond motifs is 1. The Morgan fingerprint density at radius 3 is 2.88 bits per heavy atom. The highest BCUT2D eigenvalue weighted by atomic mass is 16.2. The van der Waals surface area contributed by atoms with E-state index >= 15 is 0 Å². The van der Waals surface area contributed by atoms with Gasteiger partial charge in [0.1, 0.15) is 0 Å². The second-order valence-corrected chi connectivity index (χ2v) is 3.96. The third kappa shape index (κ3) is 2.47. The average molecular weight is 234 g/mol. The highest BCUT2D eigenvalue weighted by Crippen LogP contribution is 2.30. The first kappa shape index (κ1) is 11.3. The maximum atomic E-state index is 11.2. The van der Waals surface area contributed by atoms with Crippen LogP contribution in [0.25, 0.3) is 0 Å². The lowest BCUT2D eigenvalue weighted by atomic mass is 10.0. The Bertz CT molecular complexity index is 485. The molecule has 17 heavy (non-hydrogen) atoms. The number of hydrogen-bond donors (Lipinski definition) is 4. The Kier molecular flexibility index (Phi) is 2.86. The Balaban J connectivity index is 2.24. The number of aryl methyl sites for hydroxylation is 1. The van der Waals surface area contributed by atoms with Gasteiger partial charge in [0.25, 0.3) is 0 Å². The Morgan fingerprint density at radius 2 is 2.18 bits per heavy atom. The highest BCUT2D eigenvalue weighted by Gasteiger charge is 2.16. The molecule has 6 nitrogen and oxygen atoms in total. The van der Waals surface area contributed by atoms with Gasteiger partial charge >= 0.3 is 0 Å². The predicted octanol–water partition coefficient (Wildman–Crippen LogP) is 0.0507. The number of hydrogen-bond acceptors (Lipinski definition) is 4. The fourth-order valence-corrected chi connectivity index (χ4v) is 1.78. The van der Waals surface area contributed by atoms with Gasteiger partial charge in [-0.1, -0.05) is 0 Å². The molecule has 1 aromatic carbocycles. The van der Waals surface area contributed by atoms with Crippen molar-refractivity contribution in [3.63, 3.8) is 0 Å². The molecule has 1 aromatic rings. The van der Waals surface area contributed by atoms with Gasteiger partial charge in [0.05, 0.1) is 17.9 Å². The fourth-order valence-electron chi connectivity index (χ4n) is 1.78. The second kappa shape index (κ2) is 4.32. The van der Waals surface area contributed by atoms with Crippen molar-refractivity contribution in [1.82, 2.24) is 0 Å². The zero-order valence-electron chi connectivity index (χ0n) is 9.25. The molecule has 6 N–H and O–H groups in total. The molecule has 1 aliphatic heterocycles. The highest BCUT2D eigenvalue weighted by molar-refractivity contribution is 5.95. The first-order valence-electron chi connectivity index (χ1n) is 5.30. The van der Waals surface area contributed by atoms with Gasteiger partial charge in [-0.15, -0.1) is 0 Å². The van der Waals surface area contributed by atoms with Crippen LogP contribution in [0.5, 0.6) is 0 Å². The van der Waals surface area contributed by atoms with E-state index < -0.39 is 5.91 Å². The Hall–Kier alpha value is -2.24. The second-order valence-electron chi connectivity index (χ2n) is 3.96. The Labute approximate surface area is 98.4 Å². The zero-order chi connectivity index (χ0) is 12.4. The summed E-state index contributed by atoms with van der Waals surface area (Å²) in [7, 11) is 0. The third-order valence-electron chi connectivity index (χ3n) is 2.62. The monoisotopic (exact) mass is 234 g/mol. The van der Waals surface area contributed by atoms with Crippen molar-refractivity contribution >= 4 is 28.9 Å². The van der Waals surface area contributed by atoms with E-state index in [2.05, 4.69) is 10.6 Å². The number of anilines is 3. The van der Waals surface area contributed by atoms with Gasteiger partial charge in [-0.2, -0.15) is 0 Å². The minimum atomic E-state index is -0.449. The van der Waals surface area contributed by atoms with E-state index in [0.717, 1.165) is 11.3 Å². The lowest BCUT2D eigenvalue weighted by Crippen LogP contribution is -2.23. The van der Waals surface area contributed by atoms with Crippen molar-refractivity contribution < 1.29 is 9.59 Å². The number of primary amides is 1. The molecular weight excluding hydrogens is 220 g/mol. The summed E-state index contributed by atoms with van der Waals surface area (Å²) in [6, 6.07) is 3.53. The third-order valence-corrected chi connectivity index (χ3v) is 2.62. The van der Waals surface area contributed by atoms with Crippen LogP contribution < -0.4 is 22.1 Å². The van der Waals surface area contributed by atoms with Crippen LogP contribution in [-0.2, 0) is 16.0 Å². The van der Waals surface area contributed by atoms with E-state index in [0.29, 0.717) is 24.2 Å². The van der Waals surface area contributed by atoms with Gasteiger partial charge in [-0.05, 0) is 24.1 Å². The molecule has 0 saturated heterocycles. The fraction of sp³-hybridized carbons (Fsp3) is 0.273. The van der Waals surface area contributed by atoms with E-state index in [-0.39, 0.29) is 12.5 Å². The summed E-state index contributed by atoms with van der Waals surface area (Å²) >= 11 is 0. The van der Waals surface area contributed by atoms with Gasteiger partial charge in [0.15, 0.2) is 0 Å². The smallest absolute Gasteiger partial charge is 0.236 e. The van der Waals surface area contributed by atoms with Gasteiger partial charge in [0.2, 0.25) is 11.8 Å². The summed E-state index contributed by atoms with van der Waals surface area (Å²) in [6.07, 6.45) is 1.14. The number of nitrogens with two attached hydrogens (primary N) is 2. The maximum Gasteiger partial charge on any atom is 0.236 e. The molecule has 0 bridgehead atoms. The predicted molar refractivity (Wildman–Crippen MR) is 65.5 cm³/mol. The standard InChI is InChI=1S/C11H14N4O2/c12-7-4-8-6(1-2-11(17)15-8)3-9(7)14-5-10(13)16/h3-4,14H,1-2,5,12H2,(H2,13,16)(H,15,17). The quantitative estimate of drug-likeness (QED) is 0.554. The van der Waals surface area contributed by atoms with Crippen LogP contribution >= 0.6 is 0 Å². The van der Waals surface area contributed by atoms with Crippen LogP contribution in [0.4, 0.5) is 17.1 Å². The molecule has 1 aliphatic rings. The molecule has 0 aliphatic carbocycles. The molecule has 1 heterocycles. The maximum absolute atomic E-state index is 11.2. The van der Waals surface area contributed by atoms with Crippen LogP contribution in [0, 0.1) is 0 Å². The minimum Gasteiger partial charge on any atom is -0.397 e. The number of carbonyl (C=O) groups excluding carboxylic acids is 2. The van der Waals surface area contributed by atoms with Crippen LogP contribution in [0.15, 0.2) is 12.1 Å². The molecule has 90 valence electrons. The minimum absolute atomic E-state index is 0.00487. The SMILES string of the molecule is NC(=O)CNc1cc2c(cc1N)NC(=O)CC2. The van der Waals surface area contributed by atoms with Crippen LogP contribution in [0.2, 0.25) is 0 Å². The summed E-state index contributed by atoms with van der Waals surface area (Å²) in [4.78, 5) is 21.9. The molecule has 6 heteroatoms. The van der Waals surface area contributed by atoms with E-state index in [9.17, 15) is 9.59 Å². The lowest BCUT2D eigenvalue weighted by Gasteiger charge is -2.19. The normalized spacial score (nSPS) is 13.8. The van der Waals surface area contributed by atoms with Crippen molar-refractivity contribution in [3.05, 3.63) is 17.7 Å². The van der Waals surface area contributed by atoms with Crippen LogP contribution in [-0.4, -0.2) is 18.4 Å². The van der Waals surface area contributed by atoms with Gasteiger partial charge in [-0.25, -0.2) is 0 Å². The number of nitrogens with one attached hydrogen (secondary N) is 2. The first-order chi connectivity index (χ1) is 8.06. The summed E-state index contributed by atoms with van der Waals surface area (Å²) in [5.41, 5.74) is 13.7.